The molecule has 0 aliphatic carbocycles. The van der Waals surface area contributed by atoms with E-state index in [1.54, 1.807) is 0 Å². The molecule has 0 saturated heterocycles. The molecule has 0 fully saturated rings. The monoisotopic (exact) mass is 176 g/mol. The first-order valence-corrected chi connectivity index (χ1v) is 4.60. The lowest BCUT2D eigenvalue weighted by Crippen LogP contribution is -1.77. The van der Waals surface area contributed by atoms with Crippen LogP contribution in [0.4, 0.5) is 0 Å². The van der Waals surface area contributed by atoms with Gasteiger partial charge in [-0.3, -0.25) is 0 Å². The summed E-state index contributed by atoms with van der Waals surface area (Å²) >= 11 is 3.40. The predicted molar refractivity (Wildman–Crippen MR) is 45.6 cm³/mol. The van der Waals surface area contributed by atoms with Crippen LogP contribution in [0.15, 0.2) is 0 Å². The van der Waals surface area contributed by atoms with Gasteiger partial charge in [0.15, 0.2) is 0 Å². The van der Waals surface area contributed by atoms with E-state index in [0.717, 1.165) is 0 Å². The molecule has 0 nitrogen and oxygen atoms in total. The topological polar surface area (TPSA) is 0 Å². The molecule has 0 saturated carbocycles. The van der Waals surface area contributed by atoms with Crippen LogP contribution in [0.3, 0.4) is 0 Å². The molecule has 8 heavy (non-hydrogen) atoms. The SMILES string of the molecule is BCCCCCCBr. The number of hydrogen-bond acceptors (Lipinski definition) is 0. The molecule has 48 valence electrons. The van der Waals surface area contributed by atoms with E-state index >= 15 is 0 Å². The van der Waals surface area contributed by atoms with Crippen LogP contribution in [0.1, 0.15) is 25.7 Å². The van der Waals surface area contributed by atoms with Crippen molar-refractivity contribution in [3.05, 3.63) is 0 Å². The summed E-state index contributed by atoms with van der Waals surface area (Å²) in [5.74, 6) is 0. The van der Waals surface area contributed by atoms with Crippen LogP contribution in [0, 0.1) is 0 Å². The van der Waals surface area contributed by atoms with Crippen LogP contribution in [0.25, 0.3) is 0 Å². The third-order valence-corrected chi connectivity index (χ3v) is 1.80. The van der Waals surface area contributed by atoms with E-state index in [-0.39, 0.29) is 0 Å². The van der Waals surface area contributed by atoms with E-state index in [9.17, 15) is 0 Å². The smallest absolute Gasteiger partial charge is 0.0928 e. The van der Waals surface area contributed by atoms with Crippen molar-refractivity contribution in [1.29, 1.82) is 0 Å². The molecule has 0 aromatic heterocycles. The number of halogens is 1. The average molecular weight is 177 g/mol. The van der Waals surface area contributed by atoms with Crippen molar-refractivity contribution >= 4 is 23.8 Å². The van der Waals surface area contributed by atoms with Crippen molar-refractivity contribution in [1.82, 2.24) is 0 Å². The van der Waals surface area contributed by atoms with Crippen LogP contribution in [-0.2, 0) is 0 Å². The standard InChI is InChI=1S/C6H14BBr/c7-5-3-1-2-4-6-8/h1-7H2. The molecular formula is C6H14BBr. The minimum atomic E-state index is 1.18. The molecule has 0 spiro atoms. The molecule has 0 N–H and O–H groups in total. The third kappa shape index (κ3) is 6.54. The molecule has 0 amide bonds. The van der Waals surface area contributed by atoms with Crippen molar-refractivity contribution in [3.63, 3.8) is 0 Å². The van der Waals surface area contributed by atoms with Gasteiger partial charge in [-0.05, 0) is 6.42 Å². The van der Waals surface area contributed by atoms with Crippen LogP contribution in [-0.4, -0.2) is 13.2 Å². The maximum absolute atomic E-state index is 3.40. The number of unbranched alkanes of at least 4 members (excludes halogenated alkanes) is 3. The van der Waals surface area contributed by atoms with Gasteiger partial charge in [0.2, 0.25) is 0 Å². The van der Waals surface area contributed by atoms with Gasteiger partial charge in [0.05, 0.1) is 0 Å². The molecule has 0 aromatic carbocycles. The van der Waals surface area contributed by atoms with E-state index in [0.29, 0.717) is 0 Å². The van der Waals surface area contributed by atoms with Crippen molar-refractivity contribution in [3.8, 4) is 0 Å². The summed E-state index contributed by atoms with van der Waals surface area (Å²) in [4.78, 5) is 0. The van der Waals surface area contributed by atoms with E-state index in [1.807, 2.05) is 0 Å². The minimum absolute atomic E-state index is 1.18. The molecule has 0 aliphatic rings. The van der Waals surface area contributed by atoms with Gasteiger partial charge in [-0.1, -0.05) is 41.5 Å². The lowest BCUT2D eigenvalue weighted by molar-refractivity contribution is 0.708. The summed E-state index contributed by atoms with van der Waals surface area (Å²) in [5.41, 5.74) is 0. The van der Waals surface area contributed by atoms with Crippen LogP contribution in [0.2, 0.25) is 6.32 Å². The quantitative estimate of drug-likeness (QED) is 0.342. The molecule has 0 atom stereocenters. The normalized spacial score (nSPS) is 9.62. The molecule has 0 bridgehead atoms. The molecule has 2 heteroatoms. The van der Waals surface area contributed by atoms with Gasteiger partial charge in [-0.2, -0.15) is 0 Å². The highest BCUT2D eigenvalue weighted by Crippen LogP contribution is 2.02. The summed E-state index contributed by atoms with van der Waals surface area (Å²) in [6, 6.07) is 0. The Morgan fingerprint density at radius 2 is 1.62 bits per heavy atom. The van der Waals surface area contributed by atoms with E-state index in [1.165, 1.54) is 37.3 Å². The highest BCUT2D eigenvalue weighted by Gasteiger charge is 1.84. The van der Waals surface area contributed by atoms with Gasteiger partial charge in [-0.25, -0.2) is 0 Å². The lowest BCUT2D eigenvalue weighted by Gasteiger charge is -1.93. The molecule has 0 aromatic rings. The first-order valence-electron chi connectivity index (χ1n) is 3.47. The van der Waals surface area contributed by atoms with Gasteiger partial charge in [0, 0.05) is 5.33 Å². The molecule has 0 aliphatic heterocycles. The lowest BCUT2D eigenvalue weighted by atomic mass is 9.99. The predicted octanol–water partition coefficient (Wildman–Crippen LogP) is 1.99. The zero-order valence-corrected chi connectivity index (χ0v) is 7.21. The van der Waals surface area contributed by atoms with Gasteiger partial charge < -0.3 is 0 Å². The van der Waals surface area contributed by atoms with Crippen molar-refractivity contribution in [2.24, 2.45) is 0 Å². The Hall–Kier alpha value is 0.545. The maximum atomic E-state index is 3.40. The Labute approximate surface area is 61.6 Å². The second kappa shape index (κ2) is 7.54. The molecule has 0 radical (unpaired) electrons. The summed E-state index contributed by atoms with van der Waals surface area (Å²) in [5, 5.41) is 1.18. The first-order chi connectivity index (χ1) is 3.91. The Bertz CT molecular complexity index is 33.5. The highest BCUT2D eigenvalue weighted by atomic mass is 79.9. The third-order valence-electron chi connectivity index (χ3n) is 1.24. The second-order valence-electron chi connectivity index (χ2n) is 2.10. The average Bonchev–Trinajstić information content (AvgIpc) is 1.81. The first kappa shape index (κ1) is 8.54. The molecule has 0 rings (SSSR count). The highest BCUT2D eigenvalue weighted by molar-refractivity contribution is 9.09. The van der Waals surface area contributed by atoms with Crippen LogP contribution >= 0.6 is 15.9 Å². The fraction of sp³-hybridized carbons (Fsp3) is 1.00. The van der Waals surface area contributed by atoms with Crippen LogP contribution < -0.4 is 0 Å². The van der Waals surface area contributed by atoms with E-state index in [2.05, 4.69) is 23.8 Å². The largest absolute Gasteiger partial charge is 0.101 e. The van der Waals surface area contributed by atoms with E-state index < -0.39 is 0 Å². The second-order valence-corrected chi connectivity index (χ2v) is 2.90. The fourth-order valence-corrected chi connectivity index (χ4v) is 1.09. The van der Waals surface area contributed by atoms with Crippen molar-refractivity contribution < 1.29 is 0 Å². The Morgan fingerprint density at radius 3 is 2.12 bits per heavy atom. The Balaban J connectivity index is 2.53. The van der Waals surface area contributed by atoms with Crippen LogP contribution in [0.5, 0.6) is 0 Å². The summed E-state index contributed by atoms with van der Waals surface area (Å²) in [7, 11) is 2.24. The zero-order valence-electron chi connectivity index (χ0n) is 5.62. The Kier molecular flexibility index (Phi) is 8.06. The van der Waals surface area contributed by atoms with Gasteiger partial charge >= 0.3 is 0 Å². The summed E-state index contributed by atoms with van der Waals surface area (Å²) in [6.45, 7) is 0. The van der Waals surface area contributed by atoms with E-state index in [4.69, 9.17) is 0 Å². The maximum Gasteiger partial charge on any atom is 0.101 e. The fourth-order valence-electron chi connectivity index (χ4n) is 0.698. The zero-order chi connectivity index (χ0) is 6.24. The molecular weight excluding hydrogens is 163 g/mol. The number of rotatable bonds is 5. The molecule has 0 unspecified atom stereocenters. The number of hydrogen-bond donors (Lipinski definition) is 0. The summed E-state index contributed by atoms with van der Waals surface area (Å²) in [6.07, 6.45) is 6.93. The van der Waals surface area contributed by atoms with Crippen molar-refractivity contribution in [2.75, 3.05) is 5.33 Å². The molecule has 0 heterocycles. The van der Waals surface area contributed by atoms with Gasteiger partial charge in [0.25, 0.3) is 0 Å². The number of alkyl halides is 1. The van der Waals surface area contributed by atoms with Gasteiger partial charge in [-0.15, -0.1) is 0 Å². The van der Waals surface area contributed by atoms with Crippen molar-refractivity contribution in [2.45, 2.75) is 32.0 Å². The summed E-state index contributed by atoms with van der Waals surface area (Å²) < 4.78 is 0. The Morgan fingerprint density at radius 1 is 1.00 bits per heavy atom. The minimum Gasteiger partial charge on any atom is -0.0928 e. The van der Waals surface area contributed by atoms with Gasteiger partial charge in [0.1, 0.15) is 7.85 Å².